The molecule has 164 valence electrons. The largest absolute Gasteiger partial charge is 0.497 e. The van der Waals surface area contributed by atoms with E-state index < -0.39 is 0 Å². The average Bonchev–Trinajstić information content (AvgIpc) is 2.85. The molecule has 32 heavy (non-hydrogen) atoms. The van der Waals surface area contributed by atoms with E-state index >= 15 is 0 Å². The number of hydrogen-bond acceptors (Lipinski definition) is 4. The van der Waals surface area contributed by atoms with Gasteiger partial charge in [0.05, 0.1) is 18.4 Å². The minimum absolute atomic E-state index is 0.277. The van der Waals surface area contributed by atoms with Gasteiger partial charge in [0, 0.05) is 30.0 Å². The highest BCUT2D eigenvalue weighted by atomic mass is 16.5. The number of piperidine rings is 1. The van der Waals surface area contributed by atoms with Crippen LogP contribution in [0.4, 0.5) is 17.1 Å². The lowest BCUT2D eigenvalue weighted by Crippen LogP contribution is -2.29. The minimum Gasteiger partial charge on any atom is -0.497 e. The van der Waals surface area contributed by atoms with E-state index in [9.17, 15) is 9.59 Å². The maximum Gasteiger partial charge on any atom is 0.257 e. The summed E-state index contributed by atoms with van der Waals surface area (Å²) in [6.07, 6.45) is 3.73. The Labute approximate surface area is 188 Å². The summed E-state index contributed by atoms with van der Waals surface area (Å²) in [5, 5.41) is 5.77. The van der Waals surface area contributed by atoms with Crippen molar-refractivity contribution in [2.24, 2.45) is 0 Å². The third-order valence-electron chi connectivity index (χ3n) is 5.62. The van der Waals surface area contributed by atoms with Gasteiger partial charge in [0.1, 0.15) is 5.75 Å². The fourth-order valence-electron chi connectivity index (χ4n) is 3.83. The Kier molecular flexibility index (Phi) is 6.70. The number of amides is 2. The van der Waals surface area contributed by atoms with Gasteiger partial charge in [0.25, 0.3) is 11.8 Å². The Morgan fingerprint density at radius 2 is 1.47 bits per heavy atom. The number of carbonyl (C=O) groups is 2. The van der Waals surface area contributed by atoms with Crippen LogP contribution in [0, 0.1) is 0 Å². The summed E-state index contributed by atoms with van der Waals surface area (Å²) in [6.45, 7) is 2.15. The number of nitrogens with zero attached hydrogens (tertiary/aromatic N) is 1. The van der Waals surface area contributed by atoms with Crippen LogP contribution in [-0.2, 0) is 0 Å². The number of ether oxygens (including phenoxy) is 1. The highest BCUT2D eigenvalue weighted by Crippen LogP contribution is 2.23. The van der Waals surface area contributed by atoms with Crippen LogP contribution in [0.2, 0.25) is 0 Å². The zero-order valence-corrected chi connectivity index (χ0v) is 18.1. The molecule has 0 atom stereocenters. The SMILES string of the molecule is COc1ccc(C(=O)Nc2ccccc2C(=O)Nc2ccc(N3CCCCC3)cc2)cc1. The van der Waals surface area contributed by atoms with Crippen LogP contribution in [0.25, 0.3) is 0 Å². The molecule has 1 aliphatic rings. The van der Waals surface area contributed by atoms with E-state index in [0.717, 1.165) is 13.1 Å². The molecule has 1 fully saturated rings. The van der Waals surface area contributed by atoms with Crippen LogP contribution in [0.1, 0.15) is 40.0 Å². The van der Waals surface area contributed by atoms with E-state index in [2.05, 4.69) is 15.5 Å². The molecular weight excluding hydrogens is 402 g/mol. The lowest BCUT2D eigenvalue weighted by atomic mass is 10.1. The maximum absolute atomic E-state index is 12.9. The number of methoxy groups -OCH3 is 1. The third kappa shape index (κ3) is 5.09. The van der Waals surface area contributed by atoms with Gasteiger partial charge in [-0.25, -0.2) is 0 Å². The third-order valence-corrected chi connectivity index (χ3v) is 5.62. The molecule has 1 saturated heterocycles. The monoisotopic (exact) mass is 429 g/mol. The van der Waals surface area contributed by atoms with Gasteiger partial charge in [-0.15, -0.1) is 0 Å². The molecule has 3 aromatic carbocycles. The van der Waals surface area contributed by atoms with Crippen molar-refractivity contribution in [1.29, 1.82) is 0 Å². The molecular formula is C26H27N3O3. The predicted octanol–water partition coefficient (Wildman–Crippen LogP) is 5.19. The van der Waals surface area contributed by atoms with Gasteiger partial charge in [0.2, 0.25) is 0 Å². The van der Waals surface area contributed by atoms with Gasteiger partial charge < -0.3 is 20.3 Å². The molecule has 3 aromatic rings. The Bertz CT molecular complexity index is 1070. The molecule has 0 aromatic heterocycles. The highest BCUT2D eigenvalue weighted by Gasteiger charge is 2.15. The van der Waals surface area contributed by atoms with E-state index in [-0.39, 0.29) is 11.8 Å². The predicted molar refractivity (Wildman–Crippen MR) is 128 cm³/mol. The van der Waals surface area contributed by atoms with E-state index in [1.807, 2.05) is 24.3 Å². The highest BCUT2D eigenvalue weighted by molar-refractivity contribution is 6.12. The van der Waals surface area contributed by atoms with Crippen LogP contribution in [0.15, 0.2) is 72.8 Å². The number of carbonyl (C=O) groups excluding carboxylic acids is 2. The molecule has 2 N–H and O–H groups in total. The second kappa shape index (κ2) is 10.0. The Morgan fingerprint density at radius 3 is 2.16 bits per heavy atom. The quantitative estimate of drug-likeness (QED) is 0.566. The minimum atomic E-state index is -0.293. The van der Waals surface area contributed by atoms with Gasteiger partial charge in [0.15, 0.2) is 0 Å². The van der Waals surface area contributed by atoms with E-state index in [1.54, 1.807) is 55.6 Å². The first kappa shape index (κ1) is 21.4. The van der Waals surface area contributed by atoms with E-state index in [0.29, 0.717) is 28.3 Å². The summed E-state index contributed by atoms with van der Waals surface area (Å²) >= 11 is 0. The normalized spacial score (nSPS) is 13.3. The Balaban J connectivity index is 1.44. The molecule has 0 saturated carbocycles. The molecule has 0 spiro atoms. The molecule has 4 rings (SSSR count). The summed E-state index contributed by atoms with van der Waals surface area (Å²) in [7, 11) is 1.57. The Morgan fingerprint density at radius 1 is 0.781 bits per heavy atom. The first-order chi connectivity index (χ1) is 15.6. The standard InChI is InChI=1S/C26H27N3O3/c1-32-22-15-9-19(10-16-22)25(30)28-24-8-4-3-7-23(24)26(31)27-20-11-13-21(14-12-20)29-17-5-2-6-18-29/h3-4,7-16H,2,5-6,17-18H2,1H3,(H,27,31)(H,28,30). The fourth-order valence-corrected chi connectivity index (χ4v) is 3.83. The second-order valence-electron chi connectivity index (χ2n) is 7.78. The van der Waals surface area contributed by atoms with Crippen LogP contribution in [0.5, 0.6) is 5.75 Å². The van der Waals surface area contributed by atoms with Gasteiger partial charge in [-0.3, -0.25) is 9.59 Å². The Hall–Kier alpha value is -3.80. The van der Waals surface area contributed by atoms with Gasteiger partial charge in [-0.2, -0.15) is 0 Å². The van der Waals surface area contributed by atoms with Crippen molar-refractivity contribution < 1.29 is 14.3 Å². The van der Waals surface area contributed by atoms with Crippen molar-refractivity contribution in [3.63, 3.8) is 0 Å². The van der Waals surface area contributed by atoms with Gasteiger partial charge in [-0.05, 0) is 79.9 Å². The smallest absolute Gasteiger partial charge is 0.257 e. The van der Waals surface area contributed by atoms with Crippen molar-refractivity contribution in [2.75, 3.05) is 35.7 Å². The average molecular weight is 430 g/mol. The first-order valence-corrected chi connectivity index (χ1v) is 10.8. The number of nitrogens with one attached hydrogen (secondary N) is 2. The molecule has 6 heteroatoms. The zero-order chi connectivity index (χ0) is 22.3. The van der Waals surface area contributed by atoms with Gasteiger partial charge in [-0.1, -0.05) is 12.1 Å². The van der Waals surface area contributed by atoms with Crippen molar-refractivity contribution in [3.8, 4) is 5.75 Å². The zero-order valence-electron chi connectivity index (χ0n) is 18.1. The lowest BCUT2D eigenvalue weighted by Gasteiger charge is -2.28. The van der Waals surface area contributed by atoms with Crippen LogP contribution < -0.4 is 20.3 Å². The number of hydrogen-bond donors (Lipinski definition) is 2. The number of rotatable bonds is 6. The summed E-state index contributed by atoms with van der Waals surface area (Å²) in [5.74, 6) is 0.104. The van der Waals surface area contributed by atoms with E-state index in [4.69, 9.17) is 4.74 Å². The molecule has 1 heterocycles. The molecule has 0 bridgehead atoms. The molecule has 0 unspecified atom stereocenters. The van der Waals surface area contributed by atoms with Crippen molar-refractivity contribution in [1.82, 2.24) is 0 Å². The van der Waals surface area contributed by atoms with Crippen LogP contribution >= 0.6 is 0 Å². The molecule has 0 aliphatic carbocycles. The van der Waals surface area contributed by atoms with Crippen LogP contribution in [0.3, 0.4) is 0 Å². The summed E-state index contributed by atoms with van der Waals surface area (Å²) in [6, 6.07) is 21.7. The van der Waals surface area contributed by atoms with Crippen molar-refractivity contribution in [2.45, 2.75) is 19.3 Å². The lowest BCUT2D eigenvalue weighted by molar-refractivity contribution is 0.102. The number of anilines is 3. The van der Waals surface area contributed by atoms with Crippen LogP contribution in [-0.4, -0.2) is 32.0 Å². The van der Waals surface area contributed by atoms with Crippen molar-refractivity contribution in [3.05, 3.63) is 83.9 Å². The fraction of sp³-hybridized carbons (Fsp3) is 0.231. The summed E-state index contributed by atoms with van der Waals surface area (Å²) < 4.78 is 5.13. The summed E-state index contributed by atoms with van der Waals surface area (Å²) in [4.78, 5) is 28.0. The summed E-state index contributed by atoms with van der Waals surface area (Å²) in [5.41, 5.74) is 3.22. The molecule has 6 nitrogen and oxygen atoms in total. The molecule has 2 amide bonds. The van der Waals surface area contributed by atoms with Crippen molar-refractivity contribution >= 4 is 28.9 Å². The topological polar surface area (TPSA) is 70.7 Å². The first-order valence-electron chi connectivity index (χ1n) is 10.8. The number of benzene rings is 3. The maximum atomic E-state index is 12.9. The molecule has 0 radical (unpaired) electrons. The van der Waals surface area contributed by atoms with E-state index in [1.165, 1.54) is 24.9 Å². The van der Waals surface area contributed by atoms with Gasteiger partial charge >= 0.3 is 0 Å². The molecule has 1 aliphatic heterocycles. The second-order valence-corrected chi connectivity index (χ2v) is 7.78. The number of para-hydroxylation sites is 1.